The summed E-state index contributed by atoms with van der Waals surface area (Å²) < 4.78 is 18.3. The average molecular weight is 323 g/mol. The van der Waals surface area contributed by atoms with E-state index in [1.54, 1.807) is 18.2 Å². The van der Waals surface area contributed by atoms with Crippen molar-refractivity contribution in [3.8, 4) is 5.75 Å². The van der Waals surface area contributed by atoms with E-state index in [0.717, 1.165) is 5.56 Å². The van der Waals surface area contributed by atoms with Crippen LogP contribution in [0.4, 0.5) is 10.1 Å². The summed E-state index contributed by atoms with van der Waals surface area (Å²) in [7, 11) is 1.40. The van der Waals surface area contributed by atoms with E-state index in [-0.39, 0.29) is 18.2 Å². The molecule has 116 valence electrons. The zero-order chi connectivity index (χ0) is 15.9. The molecule has 2 aromatic rings. The highest BCUT2D eigenvalue weighted by Gasteiger charge is 2.05. The van der Waals surface area contributed by atoms with Gasteiger partial charge in [0.05, 0.1) is 13.7 Å². The lowest BCUT2D eigenvalue weighted by atomic mass is 10.2. The Labute approximate surface area is 133 Å². The molecule has 6 heteroatoms. The summed E-state index contributed by atoms with van der Waals surface area (Å²) in [6, 6.07) is 11.6. The van der Waals surface area contributed by atoms with E-state index in [2.05, 4.69) is 10.6 Å². The van der Waals surface area contributed by atoms with Crippen molar-refractivity contribution in [3.05, 3.63) is 58.9 Å². The first-order chi connectivity index (χ1) is 10.6. The highest BCUT2D eigenvalue weighted by molar-refractivity contribution is 6.30. The van der Waals surface area contributed by atoms with Crippen LogP contribution in [0.1, 0.15) is 5.56 Å². The second-order valence-corrected chi connectivity index (χ2v) is 5.04. The van der Waals surface area contributed by atoms with E-state index in [4.69, 9.17) is 16.3 Å². The Hall–Kier alpha value is -2.27. The fourth-order valence-corrected chi connectivity index (χ4v) is 1.95. The van der Waals surface area contributed by atoms with Gasteiger partial charge in [-0.25, -0.2) is 4.39 Å². The van der Waals surface area contributed by atoms with Crippen LogP contribution in [0.15, 0.2) is 42.5 Å². The summed E-state index contributed by atoms with van der Waals surface area (Å²) in [4.78, 5) is 11.7. The predicted molar refractivity (Wildman–Crippen MR) is 84.7 cm³/mol. The lowest BCUT2D eigenvalue weighted by Crippen LogP contribution is -2.29. The predicted octanol–water partition coefficient (Wildman–Crippen LogP) is 3.22. The smallest absolute Gasteiger partial charge is 0.239 e. The van der Waals surface area contributed by atoms with Crippen molar-refractivity contribution in [1.82, 2.24) is 5.32 Å². The maximum atomic E-state index is 13.5. The number of anilines is 1. The Bertz CT molecular complexity index is 647. The molecule has 0 heterocycles. The van der Waals surface area contributed by atoms with Gasteiger partial charge in [0.15, 0.2) is 11.6 Å². The van der Waals surface area contributed by atoms with Gasteiger partial charge in [0, 0.05) is 23.3 Å². The zero-order valence-corrected chi connectivity index (χ0v) is 12.8. The first-order valence-corrected chi connectivity index (χ1v) is 7.05. The molecule has 2 aromatic carbocycles. The largest absolute Gasteiger partial charge is 0.494 e. The maximum absolute atomic E-state index is 13.5. The quantitative estimate of drug-likeness (QED) is 0.858. The van der Waals surface area contributed by atoms with Gasteiger partial charge in [0.25, 0.3) is 0 Å². The third kappa shape index (κ3) is 4.63. The summed E-state index contributed by atoms with van der Waals surface area (Å²) in [5, 5.41) is 6.27. The number of benzene rings is 2. The van der Waals surface area contributed by atoms with Crippen molar-refractivity contribution < 1.29 is 13.9 Å². The second kappa shape index (κ2) is 7.66. The molecule has 0 spiro atoms. The molecule has 0 radical (unpaired) electrons. The molecule has 0 unspecified atom stereocenters. The highest BCUT2D eigenvalue weighted by atomic mass is 35.5. The van der Waals surface area contributed by atoms with Crippen molar-refractivity contribution >= 4 is 23.2 Å². The third-order valence-electron chi connectivity index (χ3n) is 3.01. The van der Waals surface area contributed by atoms with Crippen LogP contribution in [0, 0.1) is 5.82 Å². The van der Waals surface area contributed by atoms with E-state index >= 15 is 0 Å². The van der Waals surface area contributed by atoms with Crippen LogP contribution in [0.3, 0.4) is 0 Å². The van der Waals surface area contributed by atoms with Crippen LogP contribution in [0.2, 0.25) is 5.02 Å². The van der Waals surface area contributed by atoms with Crippen LogP contribution in [-0.2, 0) is 11.3 Å². The van der Waals surface area contributed by atoms with Gasteiger partial charge >= 0.3 is 0 Å². The van der Waals surface area contributed by atoms with Crippen LogP contribution in [-0.4, -0.2) is 19.6 Å². The van der Waals surface area contributed by atoms with E-state index in [9.17, 15) is 9.18 Å². The Balaban J connectivity index is 1.80. The third-order valence-corrected chi connectivity index (χ3v) is 3.26. The number of methoxy groups -OCH3 is 1. The van der Waals surface area contributed by atoms with Gasteiger partial charge in [-0.1, -0.05) is 23.7 Å². The Morgan fingerprint density at radius 1 is 1.23 bits per heavy atom. The minimum Gasteiger partial charge on any atom is -0.494 e. The monoisotopic (exact) mass is 322 g/mol. The molecule has 0 saturated carbocycles. The highest BCUT2D eigenvalue weighted by Crippen LogP contribution is 2.20. The molecule has 2 rings (SSSR count). The van der Waals surface area contributed by atoms with Crippen LogP contribution < -0.4 is 15.4 Å². The number of hydrogen-bond donors (Lipinski definition) is 2. The number of hydrogen-bond acceptors (Lipinski definition) is 3. The fraction of sp³-hybridized carbons (Fsp3) is 0.188. The van der Waals surface area contributed by atoms with Crippen LogP contribution in [0.5, 0.6) is 5.75 Å². The molecule has 0 aliphatic heterocycles. The minimum absolute atomic E-state index is 0.0549. The normalized spacial score (nSPS) is 10.1. The van der Waals surface area contributed by atoms with Gasteiger partial charge in [-0.15, -0.1) is 0 Å². The van der Waals surface area contributed by atoms with Gasteiger partial charge in [-0.05, 0) is 29.8 Å². The molecule has 1 amide bonds. The van der Waals surface area contributed by atoms with Crippen molar-refractivity contribution in [2.45, 2.75) is 6.54 Å². The topological polar surface area (TPSA) is 50.4 Å². The fourth-order valence-electron chi connectivity index (χ4n) is 1.82. The molecular formula is C16H16ClFN2O2. The molecule has 2 N–H and O–H groups in total. The van der Waals surface area contributed by atoms with Crippen LogP contribution >= 0.6 is 11.6 Å². The Kier molecular flexibility index (Phi) is 5.61. The van der Waals surface area contributed by atoms with Crippen LogP contribution in [0.25, 0.3) is 0 Å². The number of rotatable bonds is 6. The molecule has 0 atom stereocenters. The number of nitrogens with one attached hydrogen (secondary N) is 2. The number of ether oxygens (including phenoxy) is 1. The van der Waals surface area contributed by atoms with Crippen molar-refractivity contribution in [2.75, 3.05) is 19.0 Å². The van der Waals surface area contributed by atoms with Crippen molar-refractivity contribution in [2.24, 2.45) is 0 Å². The number of halogens is 2. The van der Waals surface area contributed by atoms with E-state index < -0.39 is 5.82 Å². The average Bonchev–Trinajstić information content (AvgIpc) is 2.52. The SMILES string of the molecule is COc1ccc(NCC(=O)NCc2ccc(Cl)cc2)cc1F. The zero-order valence-electron chi connectivity index (χ0n) is 12.0. The first kappa shape index (κ1) is 16.1. The summed E-state index contributed by atoms with van der Waals surface area (Å²) in [6.45, 7) is 0.466. The molecule has 0 bridgehead atoms. The molecule has 0 saturated heterocycles. The van der Waals surface area contributed by atoms with E-state index in [1.165, 1.54) is 19.2 Å². The number of carbonyl (C=O) groups is 1. The van der Waals surface area contributed by atoms with Gasteiger partial charge in [0.1, 0.15) is 0 Å². The Morgan fingerprint density at radius 2 is 1.95 bits per heavy atom. The molecule has 0 aliphatic carbocycles. The number of carbonyl (C=O) groups excluding carboxylic acids is 1. The number of amides is 1. The van der Waals surface area contributed by atoms with Gasteiger partial charge in [-0.3, -0.25) is 4.79 Å². The molecular weight excluding hydrogens is 307 g/mol. The first-order valence-electron chi connectivity index (χ1n) is 6.67. The van der Waals surface area contributed by atoms with Crippen molar-refractivity contribution in [3.63, 3.8) is 0 Å². The molecule has 0 aliphatic rings. The second-order valence-electron chi connectivity index (χ2n) is 4.61. The standard InChI is InChI=1S/C16H16ClFN2O2/c1-22-15-7-6-13(8-14(15)18)19-10-16(21)20-9-11-2-4-12(17)5-3-11/h2-8,19H,9-10H2,1H3,(H,20,21). The van der Waals surface area contributed by atoms with Crippen molar-refractivity contribution in [1.29, 1.82) is 0 Å². The van der Waals surface area contributed by atoms with Gasteiger partial charge in [0.2, 0.25) is 5.91 Å². The van der Waals surface area contributed by atoms with Gasteiger partial charge in [-0.2, -0.15) is 0 Å². The molecule has 0 fully saturated rings. The van der Waals surface area contributed by atoms with E-state index in [0.29, 0.717) is 17.3 Å². The summed E-state index contributed by atoms with van der Waals surface area (Å²) in [5.41, 5.74) is 1.47. The summed E-state index contributed by atoms with van der Waals surface area (Å²) in [5.74, 6) is -0.502. The Morgan fingerprint density at radius 3 is 2.59 bits per heavy atom. The lowest BCUT2D eigenvalue weighted by Gasteiger charge is -2.09. The molecule has 22 heavy (non-hydrogen) atoms. The summed E-state index contributed by atoms with van der Waals surface area (Å²) >= 11 is 5.79. The van der Waals surface area contributed by atoms with E-state index in [1.807, 2.05) is 12.1 Å². The molecule has 0 aromatic heterocycles. The lowest BCUT2D eigenvalue weighted by molar-refractivity contribution is -0.119. The summed E-state index contributed by atoms with van der Waals surface area (Å²) in [6.07, 6.45) is 0. The maximum Gasteiger partial charge on any atom is 0.239 e. The minimum atomic E-state index is -0.478. The molecule has 4 nitrogen and oxygen atoms in total. The van der Waals surface area contributed by atoms with Gasteiger partial charge < -0.3 is 15.4 Å².